The molecule has 0 amide bonds. The number of hydrogen-bond acceptors (Lipinski definition) is 4. The van der Waals surface area contributed by atoms with Gasteiger partial charge in [-0.25, -0.2) is 0 Å². The summed E-state index contributed by atoms with van der Waals surface area (Å²) in [5, 5.41) is 4.41. The smallest absolute Gasteiger partial charge is 0.186 e. The largest absolute Gasteiger partial charge is 0.493 e. The molecular formula is C26H26N2O3. The number of methoxy groups -OCH3 is 2. The van der Waals surface area contributed by atoms with Crippen LogP contribution in [-0.4, -0.2) is 31.5 Å². The summed E-state index contributed by atoms with van der Waals surface area (Å²) in [5.74, 6) is 1.46. The van der Waals surface area contributed by atoms with Crippen LogP contribution in [0.1, 0.15) is 27.5 Å². The second-order valence-electron chi connectivity index (χ2n) is 7.35. The third-order valence-corrected chi connectivity index (χ3v) is 5.46. The van der Waals surface area contributed by atoms with Gasteiger partial charge in [-0.15, -0.1) is 0 Å². The average Bonchev–Trinajstić information content (AvgIpc) is 3.26. The molecule has 0 saturated carbocycles. The van der Waals surface area contributed by atoms with Gasteiger partial charge in [-0.3, -0.25) is 4.79 Å². The Hall–Kier alpha value is -3.57. The van der Waals surface area contributed by atoms with Crippen molar-refractivity contribution in [3.8, 4) is 11.5 Å². The number of para-hydroxylation sites is 1. The van der Waals surface area contributed by atoms with E-state index < -0.39 is 6.04 Å². The van der Waals surface area contributed by atoms with Crippen LogP contribution >= 0.6 is 0 Å². The highest BCUT2D eigenvalue weighted by atomic mass is 16.5. The van der Waals surface area contributed by atoms with Gasteiger partial charge in [-0.2, -0.15) is 0 Å². The van der Waals surface area contributed by atoms with E-state index in [2.05, 4.69) is 10.3 Å². The number of fused-ring (bicyclic) bond motifs is 1. The maximum Gasteiger partial charge on any atom is 0.186 e. The van der Waals surface area contributed by atoms with Crippen LogP contribution in [0.25, 0.3) is 10.9 Å². The maximum absolute atomic E-state index is 13.5. The summed E-state index contributed by atoms with van der Waals surface area (Å²) >= 11 is 0. The number of rotatable bonds is 9. The molecule has 0 aliphatic carbocycles. The molecule has 158 valence electrons. The number of ether oxygens (including phenoxy) is 2. The van der Waals surface area contributed by atoms with Gasteiger partial charge in [-0.1, -0.05) is 54.6 Å². The molecule has 2 N–H and O–H groups in total. The van der Waals surface area contributed by atoms with Crippen molar-refractivity contribution >= 4 is 16.7 Å². The highest BCUT2D eigenvalue weighted by Gasteiger charge is 2.23. The summed E-state index contributed by atoms with van der Waals surface area (Å²) in [6.45, 7) is 0.642. The number of hydrogen-bond donors (Lipinski definition) is 2. The van der Waals surface area contributed by atoms with E-state index in [1.54, 1.807) is 20.4 Å². The highest BCUT2D eigenvalue weighted by molar-refractivity contribution is 6.10. The van der Waals surface area contributed by atoms with Crippen LogP contribution < -0.4 is 14.8 Å². The fourth-order valence-corrected chi connectivity index (χ4v) is 3.84. The van der Waals surface area contributed by atoms with Gasteiger partial charge >= 0.3 is 0 Å². The SMILES string of the molecule is COc1ccc(CCNC(C(=O)c2c[nH]c3ccccc23)c2ccccc2)cc1OC. The molecule has 5 nitrogen and oxygen atoms in total. The average molecular weight is 415 g/mol. The first-order valence-corrected chi connectivity index (χ1v) is 10.3. The Morgan fingerprint density at radius 2 is 1.68 bits per heavy atom. The van der Waals surface area contributed by atoms with Crippen molar-refractivity contribution in [1.29, 1.82) is 0 Å². The van der Waals surface area contributed by atoms with Crippen molar-refractivity contribution in [2.45, 2.75) is 12.5 Å². The first-order chi connectivity index (χ1) is 15.2. The van der Waals surface area contributed by atoms with Crippen LogP contribution in [-0.2, 0) is 6.42 Å². The van der Waals surface area contributed by atoms with Crippen molar-refractivity contribution in [3.63, 3.8) is 0 Å². The van der Waals surface area contributed by atoms with Gasteiger partial charge in [0.1, 0.15) is 0 Å². The first kappa shape index (κ1) is 20.7. The molecule has 0 radical (unpaired) electrons. The number of carbonyl (C=O) groups is 1. The number of aromatic nitrogens is 1. The maximum atomic E-state index is 13.5. The van der Waals surface area contributed by atoms with Crippen molar-refractivity contribution in [3.05, 3.63) is 95.7 Å². The molecule has 0 spiro atoms. The zero-order valence-corrected chi connectivity index (χ0v) is 17.7. The van der Waals surface area contributed by atoms with Crippen LogP contribution in [0.5, 0.6) is 11.5 Å². The summed E-state index contributed by atoms with van der Waals surface area (Å²) < 4.78 is 10.7. The lowest BCUT2D eigenvalue weighted by molar-refractivity contribution is 0.0945. The minimum Gasteiger partial charge on any atom is -0.493 e. The van der Waals surface area contributed by atoms with Crippen LogP contribution in [0.3, 0.4) is 0 Å². The number of aromatic amines is 1. The lowest BCUT2D eigenvalue weighted by Crippen LogP contribution is -2.30. The number of ketones is 1. The van der Waals surface area contributed by atoms with Crippen molar-refractivity contribution < 1.29 is 14.3 Å². The Morgan fingerprint density at radius 3 is 2.45 bits per heavy atom. The zero-order chi connectivity index (χ0) is 21.6. The van der Waals surface area contributed by atoms with Gasteiger partial charge in [-0.05, 0) is 35.7 Å². The molecule has 31 heavy (non-hydrogen) atoms. The van der Waals surface area contributed by atoms with Crippen LogP contribution in [0.15, 0.2) is 79.0 Å². The second-order valence-corrected chi connectivity index (χ2v) is 7.35. The second kappa shape index (κ2) is 9.49. The molecule has 1 heterocycles. The van der Waals surface area contributed by atoms with Gasteiger partial charge in [0.25, 0.3) is 0 Å². The Labute approximate surface area is 182 Å². The molecule has 0 bridgehead atoms. The van der Waals surface area contributed by atoms with E-state index in [1.807, 2.05) is 72.8 Å². The van der Waals surface area contributed by atoms with Crippen molar-refractivity contribution in [2.24, 2.45) is 0 Å². The monoisotopic (exact) mass is 414 g/mol. The molecule has 1 atom stereocenters. The van der Waals surface area contributed by atoms with E-state index >= 15 is 0 Å². The van der Waals surface area contributed by atoms with E-state index in [4.69, 9.17) is 9.47 Å². The molecule has 3 aromatic carbocycles. The fraction of sp³-hybridized carbons (Fsp3) is 0.192. The Bertz CT molecular complexity index is 1170. The number of H-pyrrole nitrogens is 1. The lowest BCUT2D eigenvalue weighted by Gasteiger charge is -2.18. The molecule has 0 saturated heterocycles. The molecule has 0 aliphatic heterocycles. The molecule has 1 unspecified atom stereocenters. The Kier molecular flexibility index (Phi) is 6.34. The van der Waals surface area contributed by atoms with Crippen LogP contribution in [0, 0.1) is 0 Å². The number of carbonyl (C=O) groups excluding carboxylic acids is 1. The number of benzene rings is 3. The van der Waals surface area contributed by atoms with Crippen molar-refractivity contribution in [1.82, 2.24) is 10.3 Å². The molecule has 5 heteroatoms. The quantitative estimate of drug-likeness (QED) is 0.381. The molecule has 4 rings (SSSR count). The molecule has 4 aromatic rings. The Balaban J connectivity index is 1.55. The van der Waals surface area contributed by atoms with E-state index in [1.165, 1.54) is 0 Å². The number of nitrogens with one attached hydrogen (secondary N) is 2. The fourth-order valence-electron chi connectivity index (χ4n) is 3.84. The van der Waals surface area contributed by atoms with Gasteiger partial charge < -0.3 is 19.8 Å². The molecule has 1 aromatic heterocycles. The third-order valence-electron chi connectivity index (χ3n) is 5.46. The van der Waals surface area contributed by atoms with E-state index in [0.717, 1.165) is 28.5 Å². The minimum atomic E-state index is -0.430. The minimum absolute atomic E-state index is 0.0518. The summed E-state index contributed by atoms with van der Waals surface area (Å²) in [5.41, 5.74) is 3.72. The highest BCUT2D eigenvalue weighted by Crippen LogP contribution is 2.28. The Morgan fingerprint density at radius 1 is 0.935 bits per heavy atom. The molecule has 0 fully saturated rings. The predicted molar refractivity (Wildman–Crippen MR) is 123 cm³/mol. The van der Waals surface area contributed by atoms with Crippen LogP contribution in [0.4, 0.5) is 0 Å². The van der Waals surface area contributed by atoms with E-state index in [0.29, 0.717) is 23.6 Å². The summed E-state index contributed by atoms with van der Waals surface area (Å²) in [6.07, 6.45) is 2.56. The first-order valence-electron chi connectivity index (χ1n) is 10.3. The standard InChI is InChI=1S/C26H26N2O3/c1-30-23-13-12-18(16-24(23)31-2)14-15-27-25(19-8-4-3-5-9-19)26(29)21-17-28-22-11-7-6-10-20(21)22/h3-13,16-17,25,27-28H,14-15H2,1-2H3. The zero-order valence-electron chi connectivity index (χ0n) is 17.7. The summed E-state index contributed by atoms with van der Waals surface area (Å²) in [7, 11) is 3.26. The normalized spacial score (nSPS) is 11.9. The summed E-state index contributed by atoms with van der Waals surface area (Å²) in [6, 6.07) is 23.2. The van der Waals surface area contributed by atoms with Gasteiger partial charge in [0.2, 0.25) is 0 Å². The topological polar surface area (TPSA) is 63.3 Å². The van der Waals surface area contributed by atoms with E-state index in [9.17, 15) is 4.79 Å². The number of Topliss-reactive ketones (excluding diaryl/α,β-unsaturated/α-hetero) is 1. The van der Waals surface area contributed by atoms with E-state index in [-0.39, 0.29) is 5.78 Å². The van der Waals surface area contributed by atoms with Crippen molar-refractivity contribution in [2.75, 3.05) is 20.8 Å². The van der Waals surface area contributed by atoms with Gasteiger partial charge in [0.15, 0.2) is 17.3 Å². The summed E-state index contributed by atoms with van der Waals surface area (Å²) in [4.78, 5) is 16.7. The molecular weight excluding hydrogens is 388 g/mol. The predicted octanol–water partition coefficient (Wildman–Crippen LogP) is 4.94. The van der Waals surface area contributed by atoms with Gasteiger partial charge in [0, 0.05) is 29.2 Å². The van der Waals surface area contributed by atoms with Crippen LogP contribution in [0.2, 0.25) is 0 Å². The third kappa shape index (κ3) is 4.47. The molecule has 0 aliphatic rings. The lowest BCUT2D eigenvalue weighted by atomic mass is 9.96. The van der Waals surface area contributed by atoms with Gasteiger partial charge in [0.05, 0.1) is 20.3 Å².